The number of carbonyl (C=O) groups is 2. The molecule has 0 spiro atoms. The summed E-state index contributed by atoms with van der Waals surface area (Å²) in [6.07, 6.45) is 4.87. The number of rotatable bonds is 8. The zero-order chi connectivity index (χ0) is 21.6. The van der Waals surface area contributed by atoms with Crippen LogP contribution in [0.2, 0.25) is 0 Å². The highest BCUT2D eigenvalue weighted by Crippen LogP contribution is 2.47. The summed E-state index contributed by atoms with van der Waals surface area (Å²) in [7, 11) is 0. The molecular formula is C26H33N3O2. The van der Waals surface area contributed by atoms with Gasteiger partial charge in [-0.15, -0.1) is 0 Å². The molecule has 4 rings (SSSR count). The van der Waals surface area contributed by atoms with Crippen LogP contribution in [0.4, 0.5) is 11.4 Å². The summed E-state index contributed by atoms with van der Waals surface area (Å²) in [5.41, 5.74) is 3.24. The smallest absolute Gasteiger partial charge is 0.228 e. The predicted molar refractivity (Wildman–Crippen MR) is 125 cm³/mol. The second-order valence-electron chi connectivity index (χ2n) is 8.72. The van der Waals surface area contributed by atoms with E-state index in [4.69, 9.17) is 0 Å². The van der Waals surface area contributed by atoms with Crippen LogP contribution < -0.4 is 10.2 Å². The van der Waals surface area contributed by atoms with Crippen LogP contribution in [-0.4, -0.2) is 42.9 Å². The van der Waals surface area contributed by atoms with E-state index in [1.54, 1.807) is 0 Å². The fraction of sp³-hybridized carbons (Fsp3) is 0.462. The molecular weight excluding hydrogens is 386 g/mol. The maximum atomic E-state index is 12.6. The highest BCUT2D eigenvalue weighted by molar-refractivity contribution is 5.95. The third-order valence-corrected chi connectivity index (χ3v) is 6.48. The Hall–Kier alpha value is -2.82. The van der Waals surface area contributed by atoms with E-state index in [1.807, 2.05) is 35.2 Å². The minimum atomic E-state index is 0.0741. The molecule has 2 aliphatic rings. The summed E-state index contributed by atoms with van der Waals surface area (Å²) in [5, 5.41) is 3.07. The minimum absolute atomic E-state index is 0.0741. The number of unbranched alkanes of at least 4 members (excludes halogenated alkanes) is 2. The first-order chi connectivity index (χ1) is 15.2. The fourth-order valence-electron chi connectivity index (χ4n) is 4.44. The van der Waals surface area contributed by atoms with Gasteiger partial charge in [0.2, 0.25) is 11.8 Å². The Balaban J connectivity index is 1.24. The Kier molecular flexibility index (Phi) is 6.90. The van der Waals surface area contributed by atoms with Crippen LogP contribution in [0.5, 0.6) is 0 Å². The summed E-state index contributed by atoms with van der Waals surface area (Å²) >= 11 is 0. The van der Waals surface area contributed by atoms with Gasteiger partial charge >= 0.3 is 0 Å². The lowest BCUT2D eigenvalue weighted by Gasteiger charge is -2.36. The molecule has 31 heavy (non-hydrogen) atoms. The molecule has 2 atom stereocenters. The van der Waals surface area contributed by atoms with Crippen LogP contribution in [0.3, 0.4) is 0 Å². The van der Waals surface area contributed by atoms with E-state index in [2.05, 4.69) is 41.4 Å². The van der Waals surface area contributed by atoms with Gasteiger partial charge in [-0.25, -0.2) is 0 Å². The monoisotopic (exact) mass is 419 g/mol. The maximum absolute atomic E-state index is 12.6. The molecule has 2 fully saturated rings. The van der Waals surface area contributed by atoms with Crippen molar-refractivity contribution in [3.05, 3.63) is 60.2 Å². The molecule has 5 nitrogen and oxygen atoms in total. The number of amides is 2. The zero-order valence-corrected chi connectivity index (χ0v) is 18.4. The topological polar surface area (TPSA) is 52.7 Å². The maximum Gasteiger partial charge on any atom is 0.228 e. The molecule has 0 radical (unpaired) electrons. The Morgan fingerprint density at radius 1 is 0.935 bits per heavy atom. The molecule has 1 heterocycles. The fourth-order valence-corrected chi connectivity index (χ4v) is 4.44. The van der Waals surface area contributed by atoms with E-state index in [-0.39, 0.29) is 11.8 Å². The number of piperazine rings is 1. The second kappa shape index (κ2) is 9.99. The highest BCUT2D eigenvalue weighted by Gasteiger charge is 2.43. The van der Waals surface area contributed by atoms with Crippen molar-refractivity contribution >= 4 is 23.2 Å². The van der Waals surface area contributed by atoms with Crippen LogP contribution in [0.15, 0.2) is 54.6 Å². The Morgan fingerprint density at radius 2 is 1.65 bits per heavy atom. The summed E-state index contributed by atoms with van der Waals surface area (Å²) in [5.74, 6) is 0.823. The van der Waals surface area contributed by atoms with E-state index in [1.165, 1.54) is 5.56 Å². The zero-order valence-electron chi connectivity index (χ0n) is 18.4. The quantitative estimate of drug-likeness (QED) is 0.633. The molecule has 164 valence electrons. The van der Waals surface area contributed by atoms with Crippen molar-refractivity contribution in [1.29, 1.82) is 0 Å². The van der Waals surface area contributed by atoms with E-state index in [0.717, 1.165) is 63.2 Å². The summed E-state index contributed by atoms with van der Waals surface area (Å²) < 4.78 is 0. The van der Waals surface area contributed by atoms with Gasteiger partial charge < -0.3 is 15.1 Å². The van der Waals surface area contributed by atoms with E-state index < -0.39 is 0 Å². The lowest BCUT2D eigenvalue weighted by atomic mass is 10.1. The number of nitrogens with one attached hydrogen (secondary N) is 1. The van der Waals surface area contributed by atoms with Crippen molar-refractivity contribution in [1.82, 2.24) is 4.90 Å². The average molecular weight is 420 g/mol. The van der Waals surface area contributed by atoms with Crippen LogP contribution >= 0.6 is 0 Å². The molecule has 0 bridgehead atoms. The van der Waals surface area contributed by atoms with Crippen molar-refractivity contribution in [3.63, 3.8) is 0 Å². The molecule has 1 saturated carbocycles. The SMILES string of the molecule is CCCCCC(=O)N1CCN(c2ccc(NC(=O)C3CC3c3ccccc3)cc2)CC1. The molecule has 2 aromatic carbocycles. The Labute approximate surface area is 185 Å². The van der Waals surface area contributed by atoms with Gasteiger partial charge in [-0.1, -0.05) is 50.1 Å². The standard InChI is InChI=1S/C26H33N3O2/c1-2-3-5-10-25(30)29-17-15-28(16-18-29)22-13-11-21(12-14-22)27-26(31)24-19-23(24)20-8-6-4-7-9-20/h4,6-9,11-14,23-24H,2-3,5,10,15-19H2,1H3,(H,27,31). The van der Waals surface area contributed by atoms with Crippen molar-refractivity contribution in [3.8, 4) is 0 Å². The van der Waals surface area contributed by atoms with Crippen molar-refractivity contribution in [2.75, 3.05) is 36.4 Å². The highest BCUT2D eigenvalue weighted by atomic mass is 16.2. The van der Waals surface area contributed by atoms with Gasteiger partial charge in [0.25, 0.3) is 0 Å². The molecule has 1 aliphatic carbocycles. The molecule has 2 amide bonds. The van der Waals surface area contributed by atoms with Gasteiger partial charge in [-0.3, -0.25) is 9.59 Å². The van der Waals surface area contributed by atoms with Crippen LogP contribution in [0.1, 0.15) is 50.5 Å². The second-order valence-corrected chi connectivity index (χ2v) is 8.72. The number of anilines is 2. The van der Waals surface area contributed by atoms with Crippen molar-refractivity contribution < 1.29 is 9.59 Å². The van der Waals surface area contributed by atoms with E-state index in [9.17, 15) is 9.59 Å². The molecule has 2 aromatic rings. The minimum Gasteiger partial charge on any atom is -0.368 e. The number of hydrogen-bond acceptors (Lipinski definition) is 3. The third kappa shape index (κ3) is 5.46. The molecule has 0 aromatic heterocycles. The largest absolute Gasteiger partial charge is 0.368 e. The van der Waals surface area contributed by atoms with Gasteiger partial charge in [-0.05, 0) is 48.6 Å². The summed E-state index contributed by atoms with van der Waals surface area (Å²) in [4.78, 5) is 29.2. The van der Waals surface area contributed by atoms with Gasteiger partial charge in [0.15, 0.2) is 0 Å². The Bertz CT molecular complexity index is 873. The average Bonchev–Trinajstić information content (AvgIpc) is 3.62. The lowest BCUT2D eigenvalue weighted by Crippen LogP contribution is -2.48. The summed E-state index contributed by atoms with van der Waals surface area (Å²) in [6, 6.07) is 18.4. The summed E-state index contributed by atoms with van der Waals surface area (Å²) in [6.45, 7) is 5.43. The predicted octanol–water partition coefficient (Wildman–Crippen LogP) is 4.66. The first-order valence-corrected chi connectivity index (χ1v) is 11.6. The third-order valence-electron chi connectivity index (χ3n) is 6.48. The molecule has 2 unspecified atom stereocenters. The van der Waals surface area contributed by atoms with Gasteiger partial charge in [-0.2, -0.15) is 0 Å². The van der Waals surface area contributed by atoms with E-state index >= 15 is 0 Å². The van der Waals surface area contributed by atoms with Crippen LogP contribution in [0.25, 0.3) is 0 Å². The molecule has 1 aliphatic heterocycles. The Morgan fingerprint density at radius 3 is 2.32 bits per heavy atom. The van der Waals surface area contributed by atoms with Crippen LogP contribution in [0, 0.1) is 5.92 Å². The van der Waals surface area contributed by atoms with Gasteiger partial charge in [0.05, 0.1) is 0 Å². The van der Waals surface area contributed by atoms with E-state index in [0.29, 0.717) is 18.2 Å². The normalized spacial score (nSPS) is 20.4. The van der Waals surface area contributed by atoms with Crippen molar-refractivity contribution in [2.24, 2.45) is 5.92 Å². The van der Waals surface area contributed by atoms with Crippen LogP contribution in [-0.2, 0) is 9.59 Å². The van der Waals surface area contributed by atoms with Crippen molar-refractivity contribution in [2.45, 2.75) is 44.9 Å². The lowest BCUT2D eigenvalue weighted by molar-refractivity contribution is -0.131. The number of nitrogens with zero attached hydrogens (tertiary/aromatic N) is 2. The number of hydrogen-bond donors (Lipinski definition) is 1. The first kappa shape index (κ1) is 21.4. The van der Waals surface area contributed by atoms with Gasteiger partial charge in [0, 0.05) is 49.9 Å². The number of carbonyl (C=O) groups excluding carboxylic acids is 2. The molecule has 5 heteroatoms. The number of benzene rings is 2. The van der Waals surface area contributed by atoms with Gasteiger partial charge in [0.1, 0.15) is 0 Å². The first-order valence-electron chi connectivity index (χ1n) is 11.6. The molecule has 1 N–H and O–H groups in total. The molecule has 1 saturated heterocycles.